The van der Waals surface area contributed by atoms with Crippen molar-refractivity contribution in [2.24, 2.45) is 5.73 Å². The molecule has 2 N–H and O–H groups in total. The van der Waals surface area contributed by atoms with E-state index in [-0.39, 0.29) is 29.7 Å². The first kappa shape index (κ1) is 17.0. The van der Waals surface area contributed by atoms with Crippen LogP contribution in [0.1, 0.15) is 0 Å². The first-order valence-electron chi connectivity index (χ1n) is 4.66. The van der Waals surface area contributed by atoms with Crippen molar-refractivity contribution in [2.45, 2.75) is 0 Å². The summed E-state index contributed by atoms with van der Waals surface area (Å²) in [4.78, 5) is 9.95. The van der Waals surface area contributed by atoms with E-state index in [1.165, 1.54) is 18.2 Å². The van der Waals surface area contributed by atoms with Crippen LogP contribution in [-0.2, 0) is 0 Å². The number of halogens is 3. The van der Waals surface area contributed by atoms with Gasteiger partial charge in [-0.25, -0.2) is 0 Å². The molecule has 0 aliphatic heterocycles. The molecule has 18 heavy (non-hydrogen) atoms. The lowest BCUT2D eigenvalue weighted by atomic mass is 10.3. The summed E-state index contributed by atoms with van der Waals surface area (Å²) in [5.41, 5.74) is 5.17. The second-order valence-electron chi connectivity index (χ2n) is 3.05. The molecule has 0 saturated heterocycles. The number of nitrogens with zero attached hydrogens (tertiary/aromatic N) is 1. The molecule has 0 spiro atoms. The Labute approximate surface area is 120 Å². The van der Waals surface area contributed by atoms with Gasteiger partial charge in [0.1, 0.15) is 12.4 Å². The van der Waals surface area contributed by atoms with Gasteiger partial charge in [0.15, 0.2) is 0 Å². The van der Waals surface area contributed by atoms with Gasteiger partial charge in [-0.15, -0.1) is 12.4 Å². The van der Waals surface area contributed by atoms with Crippen molar-refractivity contribution in [3.8, 4) is 5.75 Å². The molecule has 5 nitrogen and oxygen atoms in total. The fraction of sp³-hybridized carbons (Fsp3) is 0.200. The number of rotatable bonds is 5. The van der Waals surface area contributed by atoms with Gasteiger partial charge in [-0.3, -0.25) is 10.1 Å². The molecule has 0 aliphatic rings. The number of ether oxygens (including phenoxy) is 1. The van der Waals surface area contributed by atoms with Gasteiger partial charge < -0.3 is 10.5 Å². The SMILES string of the molecule is Cl.NCC=C(Cl)COc1ccc([N+](=O)[O-])cc1Cl. The molecule has 0 unspecified atom stereocenters. The summed E-state index contributed by atoms with van der Waals surface area (Å²) >= 11 is 11.6. The van der Waals surface area contributed by atoms with E-state index in [1.54, 1.807) is 6.08 Å². The molecule has 1 aromatic carbocycles. The van der Waals surface area contributed by atoms with Crippen LogP contribution in [0.25, 0.3) is 0 Å². The lowest BCUT2D eigenvalue weighted by molar-refractivity contribution is -0.384. The maximum atomic E-state index is 10.5. The zero-order chi connectivity index (χ0) is 12.8. The van der Waals surface area contributed by atoms with Crippen molar-refractivity contribution in [3.05, 3.63) is 44.4 Å². The molecule has 0 fully saturated rings. The largest absolute Gasteiger partial charge is 0.486 e. The summed E-state index contributed by atoms with van der Waals surface area (Å²) in [7, 11) is 0. The standard InChI is InChI=1S/C10H10Cl2N2O3.ClH/c11-7(3-4-13)6-17-10-2-1-8(14(15)16)5-9(10)12;/h1-3,5H,4,6,13H2;1H. The minimum absolute atomic E-state index is 0. The molecule has 0 radical (unpaired) electrons. The predicted molar refractivity (Wildman–Crippen MR) is 73.8 cm³/mol. The minimum Gasteiger partial charge on any atom is -0.486 e. The van der Waals surface area contributed by atoms with Gasteiger partial charge in [-0.2, -0.15) is 0 Å². The zero-order valence-electron chi connectivity index (χ0n) is 9.14. The Hall–Kier alpha value is -1.01. The Bertz CT molecular complexity index is 452. The number of nitro groups is 1. The first-order valence-corrected chi connectivity index (χ1v) is 5.41. The summed E-state index contributed by atoms with van der Waals surface area (Å²) in [5.74, 6) is 0.334. The third kappa shape index (κ3) is 5.10. The summed E-state index contributed by atoms with van der Waals surface area (Å²) in [5, 5.41) is 11.1. The molecule has 0 aromatic heterocycles. The molecular formula is C10H11Cl3N2O3. The number of hydrogen-bond acceptors (Lipinski definition) is 4. The summed E-state index contributed by atoms with van der Waals surface area (Å²) in [6.45, 7) is 0.437. The second-order valence-corrected chi connectivity index (χ2v) is 3.94. The highest BCUT2D eigenvalue weighted by atomic mass is 35.5. The van der Waals surface area contributed by atoms with Gasteiger partial charge in [0, 0.05) is 18.7 Å². The molecule has 0 atom stereocenters. The maximum Gasteiger partial charge on any atom is 0.271 e. The van der Waals surface area contributed by atoms with Gasteiger partial charge in [-0.1, -0.05) is 29.3 Å². The van der Waals surface area contributed by atoms with E-state index in [1.807, 2.05) is 0 Å². The Morgan fingerprint density at radius 1 is 1.56 bits per heavy atom. The van der Waals surface area contributed by atoms with Crippen molar-refractivity contribution < 1.29 is 9.66 Å². The van der Waals surface area contributed by atoms with Gasteiger partial charge in [0.25, 0.3) is 5.69 Å². The van der Waals surface area contributed by atoms with E-state index in [0.29, 0.717) is 17.3 Å². The fourth-order valence-electron chi connectivity index (χ4n) is 1.05. The Kier molecular flexibility index (Phi) is 7.70. The molecule has 100 valence electrons. The van der Waals surface area contributed by atoms with Gasteiger partial charge >= 0.3 is 0 Å². The summed E-state index contributed by atoms with van der Waals surface area (Å²) < 4.78 is 5.28. The molecule has 0 amide bonds. The maximum absolute atomic E-state index is 10.5. The van der Waals surface area contributed by atoms with Crippen LogP contribution in [0.3, 0.4) is 0 Å². The van der Waals surface area contributed by atoms with Crippen LogP contribution in [0, 0.1) is 10.1 Å². The molecule has 0 bridgehead atoms. The number of benzene rings is 1. The normalized spacial score (nSPS) is 10.7. The quantitative estimate of drug-likeness (QED) is 0.669. The van der Waals surface area contributed by atoms with E-state index in [4.69, 9.17) is 33.7 Å². The molecular weight excluding hydrogens is 302 g/mol. The first-order chi connectivity index (χ1) is 8.04. The van der Waals surface area contributed by atoms with Crippen molar-refractivity contribution in [1.29, 1.82) is 0 Å². The lowest BCUT2D eigenvalue weighted by Gasteiger charge is -2.06. The van der Waals surface area contributed by atoms with Crippen molar-refractivity contribution in [3.63, 3.8) is 0 Å². The monoisotopic (exact) mass is 312 g/mol. The lowest BCUT2D eigenvalue weighted by Crippen LogP contribution is -2.01. The van der Waals surface area contributed by atoms with E-state index in [0.717, 1.165) is 0 Å². The van der Waals surface area contributed by atoms with Gasteiger partial charge in [0.2, 0.25) is 0 Å². The van der Waals surface area contributed by atoms with Crippen LogP contribution in [0.2, 0.25) is 5.02 Å². The average molecular weight is 314 g/mol. The Morgan fingerprint density at radius 3 is 2.72 bits per heavy atom. The van der Waals surface area contributed by atoms with Crippen LogP contribution in [0.15, 0.2) is 29.3 Å². The van der Waals surface area contributed by atoms with Gasteiger partial charge in [0.05, 0.1) is 15.0 Å². The predicted octanol–water partition coefficient (Wildman–Crippen LogP) is 3.13. The summed E-state index contributed by atoms with van der Waals surface area (Å²) in [6, 6.07) is 3.95. The van der Waals surface area contributed by atoms with Crippen molar-refractivity contribution in [1.82, 2.24) is 0 Å². The van der Waals surface area contributed by atoms with Crippen LogP contribution < -0.4 is 10.5 Å². The number of hydrogen-bond donors (Lipinski definition) is 1. The van der Waals surface area contributed by atoms with Gasteiger partial charge in [-0.05, 0) is 6.07 Å². The van der Waals surface area contributed by atoms with E-state index < -0.39 is 4.92 Å². The van der Waals surface area contributed by atoms with Crippen LogP contribution in [-0.4, -0.2) is 18.1 Å². The minimum atomic E-state index is -0.531. The topological polar surface area (TPSA) is 78.4 Å². The Balaban J connectivity index is 0.00000289. The Morgan fingerprint density at radius 2 is 2.22 bits per heavy atom. The second kappa shape index (κ2) is 8.16. The van der Waals surface area contributed by atoms with E-state index >= 15 is 0 Å². The van der Waals surface area contributed by atoms with Crippen molar-refractivity contribution >= 4 is 41.3 Å². The molecule has 0 saturated carbocycles. The van der Waals surface area contributed by atoms with Crippen LogP contribution in [0.5, 0.6) is 5.75 Å². The third-order valence-electron chi connectivity index (χ3n) is 1.83. The zero-order valence-corrected chi connectivity index (χ0v) is 11.5. The summed E-state index contributed by atoms with van der Waals surface area (Å²) in [6.07, 6.45) is 1.60. The average Bonchev–Trinajstić information content (AvgIpc) is 2.27. The molecule has 1 aromatic rings. The molecule has 8 heteroatoms. The van der Waals surface area contributed by atoms with E-state index in [2.05, 4.69) is 0 Å². The molecule has 0 heterocycles. The van der Waals surface area contributed by atoms with Crippen LogP contribution >= 0.6 is 35.6 Å². The number of nitro benzene ring substituents is 1. The highest BCUT2D eigenvalue weighted by Gasteiger charge is 2.10. The molecule has 0 aliphatic carbocycles. The number of non-ortho nitro benzene ring substituents is 1. The highest BCUT2D eigenvalue weighted by molar-refractivity contribution is 6.32. The van der Waals surface area contributed by atoms with Crippen LogP contribution in [0.4, 0.5) is 5.69 Å². The smallest absolute Gasteiger partial charge is 0.271 e. The third-order valence-corrected chi connectivity index (χ3v) is 2.39. The van der Waals surface area contributed by atoms with E-state index in [9.17, 15) is 10.1 Å². The van der Waals surface area contributed by atoms with Crippen molar-refractivity contribution in [2.75, 3.05) is 13.2 Å². The number of nitrogens with two attached hydrogens (primary N) is 1. The molecule has 1 rings (SSSR count). The highest BCUT2D eigenvalue weighted by Crippen LogP contribution is 2.29. The fourth-order valence-corrected chi connectivity index (χ4v) is 1.43.